The maximum Gasteiger partial charge on any atom is 0.364 e. The summed E-state index contributed by atoms with van der Waals surface area (Å²) in [5.41, 5.74) is 5.52. The van der Waals surface area contributed by atoms with Crippen LogP contribution < -0.4 is 11.4 Å². The van der Waals surface area contributed by atoms with Gasteiger partial charge in [0, 0.05) is 13.0 Å². The summed E-state index contributed by atoms with van der Waals surface area (Å²) in [6.07, 6.45) is 9.95. The van der Waals surface area contributed by atoms with Crippen LogP contribution in [0.3, 0.4) is 0 Å². The van der Waals surface area contributed by atoms with Crippen LogP contribution in [0.1, 0.15) is 73.5 Å². The van der Waals surface area contributed by atoms with E-state index >= 15 is 0 Å². The summed E-state index contributed by atoms with van der Waals surface area (Å²) >= 11 is 0. The third-order valence-corrected chi connectivity index (χ3v) is 4.18. The minimum absolute atomic E-state index is 0.0774. The fourth-order valence-corrected chi connectivity index (χ4v) is 2.89. The number of hydrogen-bond donors (Lipinski definition) is 2. The van der Waals surface area contributed by atoms with Crippen molar-refractivity contribution >= 4 is 5.91 Å². The van der Waals surface area contributed by atoms with Crippen LogP contribution in [0.5, 0.6) is 0 Å². The van der Waals surface area contributed by atoms with Crippen molar-refractivity contribution in [3.63, 3.8) is 0 Å². The predicted molar refractivity (Wildman–Crippen MR) is 85.2 cm³/mol. The molecule has 0 aromatic carbocycles. The van der Waals surface area contributed by atoms with E-state index in [1.165, 1.54) is 32.7 Å². The monoisotopic (exact) mass is 320 g/mol. The molecule has 0 radical (unpaired) electrons. The zero-order valence-electron chi connectivity index (χ0n) is 13.5. The first kappa shape index (κ1) is 17.1. The lowest BCUT2D eigenvalue weighted by Crippen LogP contribution is -2.20. The molecule has 126 valence electrons. The predicted octanol–water partition coefficient (Wildman–Crippen LogP) is 1.34. The Labute approximate surface area is 134 Å². The minimum Gasteiger partial charge on any atom is -0.364 e. The van der Waals surface area contributed by atoms with Gasteiger partial charge in [-0.25, -0.2) is 19.7 Å². The number of nitrogens with two attached hydrogens (primary N) is 1. The van der Waals surface area contributed by atoms with E-state index < -0.39 is 11.6 Å². The van der Waals surface area contributed by atoms with Gasteiger partial charge in [-0.2, -0.15) is 10.1 Å². The molecule has 0 atom stereocenters. The van der Waals surface area contributed by atoms with Gasteiger partial charge in [0.25, 0.3) is 5.91 Å². The van der Waals surface area contributed by atoms with E-state index in [0.29, 0.717) is 5.69 Å². The quantitative estimate of drug-likeness (QED) is 0.852. The van der Waals surface area contributed by atoms with Crippen molar-refractivity contribution in [1.82, 2.24) is 25.0 Å². The molecule has 8 heteroatoms. The molecule has 1 aromatic rings. The largest absolute Gasteiger partial charge is 0.364 e. The highest BCUT2D eigenvalue weighted by Gasteiger charge is 2.21. The van der Waals surface area contributed by atoms with Crippen LogP contribution in [-0.2, 0) is 7.05 Å². The molecule has 1 amide bonds. The molecule has 1 heterocycles. The molecule has 8 nitrogen and oxygen atoms in total. The topological polar surface area (TPSA) is 120 Å². The first-order valence-electron chi connectivity index (χ1n) is 8.11. The number of aromatic nitrogens is 5. The van der Waals surface area contributed by atoms with Crippen LogP contribution in [0.2, 0.25) is 0 Å². The van der Waals surface area contributed by atoms with Crippen LogP contribution in [-0.4, -0.2) is 30.9 Å². The molecular weight excluding hydrogens is 296 g/mol. The Kier molecular flexibility index (Phi) is 6.25. The van der Waals surface area contributed by atoms with Gasteiger partial charge in [-0.05, 0) is 12.8 Å². The maximum absolute atomic E-state index is 11.8. The van der Waals surface area contributed by atoms with Crippen LogP contribution in [0.25, 0.3) is 0 Å². The van der Waals surface area contributed by atoms with Gasteiger partial charge in [0.15, 0.2) is 5.69 Å². The van der Waals surface area contributed by atoms with Crippen LogP contribution >= 0.6 is 0 Å². The fourth-order valence-electron chi connectivity index (χ4n) is 2.89. The van der Waals surface area contributed by atoms with Crippen molar-refractivity contribution in [1.29, 1.82) is 0 Å². The number of carbonyl (C=O) groups excluding carboxylic acids is 1. The van der Waals surface area contributed by atoms with Gasteiger partial charge < -0.3 is 5.73 Å². The Bertz CT molecular complexity index is 640. The number of carbonyl (C=O) groups is 1. The summed E-state index contributed by atoms with van der Waals surface area (Å²) in [7, 11) is 1.51. The van der Waals surface area contributed by atoms with E-state index in [1.54, 1.807) is 0 Å². The molecule has 1 fully saturated rings. The first-order valence-corrected chi connectivity index (χ1v) is 8.11. The van der Waals surface area contributed by atoms with E-state index in [0.717, 1.165) is 36.7 Å². The molecule has 0 bridgehead atoms. The third kappa shape index (κ3) is 4.87. The molecular formula is C15H24N6O2. The van der Waals surface area contributed by atoms with Gasteiger partial charge in [-0.1, -0.05) is 38.5 Å². The zero-order valence-corrected chi connectivity index (χ0v) is 13.5. The number of nitrogens with zero attached hydrogens (tertiary/aromatic N) is 4. The van der Waals surface area contributed by atoms with Crippen molar-refractivity contribution < 1.29 is 4.79 Å². The Morgan fingerprint density at radius 2 is 1.78 bits per heavy atom. The van der Waals surface area contributed by atoms with E-state index in [2.05, 4.69) is 20.3 Å². The Balaban J connectivity index is 2.52. The van der Waals surface area contributed by atoms with Crippen LogP contribution in [0.4, 0.5) is 0 Å². The SMILES string of the molecule is Cn1[nH]nc(C2CCCCCCCC2)c(C(N)=O)ncnc1=O. The number of primary amides is 1. The average Bonchev–Trinajstić information content (AvgIpc) is 2.69. The van der Waals surface area contributed by atoms with Gasteiger partial charge in [-0.3, -0.25) is 4.79 Å². The van der Waals surface area contributed by atoms with Crippen molar-refractivity contribution in [2.75, 3.05) is 0 Å². The van der Waals surface area contributed by atoms with E-state index in [9.17, 15) is 9.59 Å². The summed E-state index contributed by atoms with van der Waals surface area (Å²) in [6.45, 7) is 0. The van der Waals surface area contributed by atoms with Gasteiger partial charge in [0.05, 0.1) is 5.69 Å². The lowest BCUT2D eigenvalue weighted by Gasteiger charge is -2.15. The molecule has 0 aliphatic heterocycles. The van der Waals surface area contributed by atoms with Crippen molar-refractivity contribution in [3.05, 3.63) is 28.2 Å². The number of aryl methyl sites for hydroxylation is 1. The van der Waals surface area contributed by atoms with Crippen LogP contribution in [0.15, 0.2) is 11.1 Å². The number of amides is 1. The highest BCUT2D eigenvalue weighted by molar-refractivity contribution is 5.91. The summed E-state index contributed by atoms with van der Waals surface area (Å²) < 4.78 is 1.14. The lowest BCUT2D eigenvalue weighted by molar-refractivity contribution is 0.0993. The second kappa shape index (κ2) is 8.40. The number of H-pyrrole nitrogens is 1. The molecule has 1 aliphatic rings. The molecule has 3 N–H and O–H groups in total. The minimum atomic E-state index is -0.658. The smallest absolute Gasteiger partial charge is 0.364 e. The lowest BCUT2D eigenvalue weighted by atomic mass is 9.92. The molecule has 1 aromatic heterocycles. The van der Waals surface area contributed by atoms with Gasteiger partial charge >= 0.3 is 5.69 Å². The second-order valence-corrected chi connectivity index (χ2v) is 5.92. The second-order valence-electron chi connectivity index (χ2n) is 5.92. The molecule has 0 saturated heterocycles. The fraction of sp³-hybridized carbons (Fsp3) is 0.667. The number of rotatable bonds is 2. The summed E-state index contributed by atoms with van der Waals surface area (Å²) in [6, 6.07) is 0. The van der Waals surface area contributed by atoms with Gasteiger partial charge in [0.1, 0.15) is 6.33 Å². The zero-order chi connectivity index (χ0) is 16.7. The number of nitrogens with one attached hydrogen (secondary N) is 1. The van der Waals surface area contributed by atoms with E-state index in [1.807, 2.05) is 0 Å². The van der Waals surface area contributed by atoms with E-state index in [-0.39, 0.29) is 11.6 Å². The van der Waals surface area contributed by atoms with Gasteiger partial charge in [0.2, 0.25) is 0 Å². The molecule has 0 unspecified atom stereocenters. The molecule has 0 spiro atoms. The highest BCUT2D eigenvalue weighted by atomic mass is 16.2. The van der Waals surface area contributed by atoms with Crippen LogP contribution in [0, 0.1) is 0 Å². The van der Waals surface area contributed by atoms with Gasteiger partial charge in [-0.15, -0.1) is 0 Å². The summed E-state index contributed by atoms with van der Waals surface area (Å²) in [5.74, 6) is -0.560. The molecule has 1 aliphatic carbocycles. The Morgan fingerprint density at radius 1 is 1.17 bits per heavy atom. The third-order valence-electron chi connectivity index (χ3n) is 4.18. The first-order chi connectivity index (χ1) is 11.1. The number of hydrogen-bond acceptors (Lipinski definition) is 5. The van der Waals surface area contributed by atoms with Crippen molar-refractivity contribution in [2.45, 2.75) is 57.3 Å². The summed E-state index contributed by atoms with van der Waals surface area (Å²) in [4.78, 5) is 31.0. The average molecular weight is 320 g/mol. The molecule has 1 saturated carbocycles. The normalized spacial score (nSPS) is 16.7. The molecule has 23 heavy (non-hydrogen) atoms. The van der Waals surface area contributed by atoms with E-state index in [4.69, 9.17) is 5.73 Å². The Hall–Kier alpha value is -2.25. The summed E-state index contributed by atoms with van der Waals surface area (Å²) in [5, 5.41) is 6.89. The maximum atomic E-state index is 11.8. The van der Waals surface area contributed by atoms with Crippen molar-refractivity contribution in [3.8, 4) is 0 Å². The highest BCUT2D eigenvalue weighted by Crippen LogP contribution is 2.29. The van der Waals surface area contributed by atoms with Crippen molar-refractivity contribution in [2.24, 2.45) is 12.8 Å². The Morgan fingerprint density at radius 3 is 2.39 bits per heavy atom. The standard InChI is InChI=1S/C15H24N6O2/c1-21-15(23)18-10-17-13(14(16)22)12(19-20-21)11-8-6-4-2-3-5-7-9-11/h10-11,20H,2-9H2,1H3,(H2,16,22). The number of aromatic amines is 1. The molecule has 2 rings (SSSR count).